The Labute approximate surface area is 274 Å². The van der Waals surface area contributed by atoms with Crippen molar-refractivity contribution in [3.05, 3.63) is 119 Å². The summed E-state index contributed by atoms with van der Waals surface area (Å²) in [5, 5.41) is 3.54. The molecule has 4 aromatic carbocycles. The number of nitrogens with zero attached hydrogens (tertiary/aromatic N) is 2. The molecule has 2 atom stereocenters. The lowest BCUT2D eigenvalue weighted by Crippen LogP contribution is -2.52. The van der Waals surface area contributed by atoms with E-state index in [2.05, 4.69) is 5.32 Å². The average Bonchev–Trinajstić information content (AvgIpc) is 3.04. The summed E-state index contributed by atoms with van der Waals surface area (Å²) >= 11 is 12.9. The normalized spacial score (nSPS) is 12.6. The minimum absolute atomic E-state index is 0.00525. The van der Waals surface area contributed by atoms with Crippen LogP contribution < -0.4 is 14.4 Å². The third-order valence-corrected chi connectivity index (χ3v) is 9.77. The average molecular weight is 669 g/mol. The van der Waals surface area contributed by atoms with Crippen LogP contribution in [0.3, 0.4) is 0 Å². The molecule has 0 bridgehead atoms. The number of anilines is 1. The van der Waals surface area contributed by atoms with Crippen molar-refractivity contribution in [2.75, 3.05) is 10.8 Å². The number of ether oxygens (including phenoxy) is 1. The van der Waals surface area contributed by atoms with Crippen molar-refractivity contribution in [2.24, 2.45) is 0 Å². The quantitative estimate of drug-likeness (QED) is 0.161. The third kappa shape index (κ3) is 8.57. The van der Waals surface area contributed by atoms with Crippen LogP contribution in [0.25, 0.3) is 0 Å². The first-order chi connectivity index (χ1) is 21.5. The molecule has 0 aromatic heterocycles. The Kier molecular flexibility index (Phi) is 11.5. The van der Waals surface area contributed by atoms with E-state index in [0.717, 1.165) is 4.31 Å². The Morgan fingerprint density at radius 2 is 1.36 bits per heavy atom. The molecule has 0 fully saturated rings. The molecule has 0 aliphatic carbocycles. The zero-order valence-corrected chi connectivity index (χ0v) is 27.5. The van der Waals surface area contributed by atoms with Crippen molar-refractivity contribution in [2.45, 2.75) is 50.7 Å². The minimum atomic E-state index is -4.22. The summed E-state index contributed by atoms with van der Waals surface area (Å²) in [4.78, 5) is 28.7. The highest BCUT2D eigenvalue weighted by atomic mass is 35.5. The van der Waals surface area contributed by atoms with Gasteiger partial charge in [0.2, 0.25) is 11.8 Å². The van der Waals surface area contributed by atoms with Crippen LogP contribution in [0, 0.1) is 0 Å². The summed E-state index contributed by atoms with van der Waals surface area (Å²) in [6.45, 7) is 4.67. The molecule has 4 rings (SSSR count). The number of benzene rings is 4. The van der Waals surface area contributed by atoms with Gasteiger partial charge >= 0.3 is 0 Å². The lowest BCUT2D eigenvalue weighted by molar-refractivity contribution is -0.139. The highest BCUT2D eigenvalue weighted by Crippen LogP contribution is 2.30. The van der Waals surface area contributed by atoms with E-state index in [0.29, 0.717) is 33.5 Å². The Morgan fingerprint density at radius 1 is 0.800 bits per heavy atom. The summed E-state index contributed by atoms with van der Waals surface area (Å²) < 4.78 is 35.0. The number of para-hydroxylation sites is 1. The highest BCUT2D eigenvalue weighted by Gasteiger charge is 2.33. The molecule has 236 valence electrons. The number of hydrogen-bond donors (Lipinski definition) is 1. The minimum Gasteiger partial charge on any atom is -0.457 e. The molecule has 8 nitrogen and oxygen atoms in total. The molecule has 0 heterocycles. The van der Waals surface area contributed by atoms with E-state index in [-0.39, 0.29) is 29.1 Å². The van der Waals surface area contributed by atoms with Crippen LogP contribution in [0.4, 0.5) is 5.69 Å². The topological polar surface area (TPSA) is 96.0 Å². The summed E-state index contributed by atoms with van der Waals surface area (Å²) in [5.74, 6) is 0.0917. The van der Waals surface area contributed by atoms with Crippen LogP contribution in [0.15, 0.2) is 108 Å². The van der Waals surface area contributed by atoms with Gasteiger partial charge in [-0.3, -0.25) is 13.9 Å². The lowest BCUT2D eigenvalue weighted by Gasteiger charge is -2.33. The van der Waals surface area contributed by atoms with Crippen LogP contribution in [0.5, 0.6) is 11.5 Å². The molecule has 4 aromatic rings. The van der Waals surface area contributed by atoms with Gasteiger partial charge in [-0.05, 0) is 80.9 Å². The molecule has 2 amide bonds. The number of rotatable bonds is 13. The van der Waals surface area contributed by atoms with Gasteiger partial charge in [-0.25, -0.2) is 8.42 Å². The van der Waals surface area contributed by atoms with Gasteiger partial charge in [-0.15, -0.1) is 0 Å². The first-order valence-corrected chi connectivity index (χ1v) is 16.6. The maximum atomic E-state index is 14.2. The molecule has 1 N–H and O–H groups in total. The van der Waals surface area contributed by atoms with E-state index >= 15 is 0 Å². The van der Waals surface area contributed by atoms with E-state index < -0.39 is 28.5 Å². The van der Waals surface area contributed by atoms with Crippen molar-refractivity contribution in [3.63, 3.8) is 0 Å². The zero-order chi connectivity index (χ0) is 32.6. The fourth-order valence-corrected chi connectivity index (χ4v) is 6.41. The summed E-state index contributed by atoms with van der Waals surface area (Å²) in [5.41, 5.74) is 0.678. The van der Waals surface area contributed by atoms with Crippen molar-refractivity contribution < 1.29 is 22.7 Å². The van der Waals surface area contributed by atoms with Gasteiger partial charge in [0.25, 0.3) is 10.0 Å². The van der Waals surface area contributed by atoms with Crippen LogP contribution in [0.1, 0.15) is 32.8 Å². The Morgan fingerprint density at radius 3 is 1.93 bits per heavy atom. The van der Waals surface area contributed by atoms with Gasteiger partial charge in [0.15, 0.2) is 0 Å². The number of amides is 2. The lowest BCUT2D eigenvalue weighted by atomic mass is 10.1. The predicted molar refractivity (Wildman–Crippen MR) is 178 cm³/mol. The number of carbonyl (C=O) groups is 2. The van der Waals surface area contributed by atoms with Gasteiger partial charge in [-0.1, -0.05) is 72.6 Å². The van der Waals surface area contributed by atoms with Crippen molar-refractivity contribution in [1.82, 2.24) is 10.2 Å². The summed E-state index contributed by atoms with van der Waals surface area (Å²) in [6.07, 6.45) is 0.690. The molecular formula is C34H35Cl2N3O5S. The Hall–Kier alpha value is -4.05. The largest absolute Gasteiger partial charge is 0.457 e. The summed E-state index contributed by atoms with van der Waals surface area (Å²) in [7, 11) is -4.22. The highest BCUT2D eigenvalue weighted by molar-refractivity contribution is 7.92. The van der Waals surface area contributed by atoms with Crippen LogP contribution in [-0.2, 0) is 26.2 Å². The third-order valence-electron chi connectivity index (χ3n) is 7.27. The first kappa shape index (κ1) is 33.8. The molecule has 0 saturated heterocycles. The van der Waals surface area contributed by atoms with Crippen LogP contribution in [0.2, 0.25) is 10.0 Å². The second-order valence-corrected chi connectivity index (χ2v) is 13.1. The fourth-order valence-electron chi connectivity index (χ4n) is 4.46. The van der Waals surface area contributed by atoms with Crippen LogP contribution >= 0.6 is 23.2 Å². The van der Waals surface area contributed by atoms with Gasteiger partial charge in [0.1, 0.15) is 24.1 Å². The van der Waals surface area contributed by atoms with Gasteiger partial charge in [0, 0.05) is 28.2 Å². The maximum absolute atomic E-state index is 14.2. The SMILES string of the molecule is CC[C@H](C)NC(=O)[C@H](C)N(Cc1c(Cl)cccc1Cl)C(=O)CN(c1ccc(Oc2ccccc2)cc1)S(=O)(=O)c1ccccc1. The predicted octanol–water partition coefficient (Wildman–Crippen LogP) is 7.31. The zero-order valence-electron chi connectivity index (χ0n) is 25.2. The first-order valence-electron chi connectivity index (χ1n) is 14.4. The van der Waals surface area contributed by atoms with E-state index in [1.54, 1.807) is 79.7 Å². The molecule has 0 saturated carbocycles. The van der Waals surface area contributed by atoms with E-state index in [9.17, 15) is 18.0 Å². The Bertz CT molecular complexity index is 1690. The van der Waals surface area contributed by atoms with Gasteiger partial charge < -0.3 is 15.0 Å². The number of carbonyl (C=O) groups excluding carboxylic acids is 2. The van der Waals surface area contributed by atoms with Crippen LogP contribution in [-0.4, -0.2) is 43.8 Å². The van der Waals surface area contributed by atoms with Crippen molar-refractivity contribution in [1.29, 1.82) is 0 Å². The van der Waals surface area contributed by atoms with Gasteiger partial charge in [-0.2, -0.15) is 0 Å². The standard InChI is InChI=1S/C34H35Cl2N3O5S/c1-4-24(2)37-34(41)25(3)38(22-30-31(35)16-11-17-32(30)36)33(40)23-39(45(42,43)29-14-9-6-10-15-29)26-18-20-28(21-19-26)44-27-12-7-5-8-13-27/h5-21,24-25H,4,22-23H2,1-3H3,(H,37,41)/t24-,25-/m0/s1. The molecule has 11 heteroatoms. The molecule has 0 radical (unpaired) electrons. The maximum Gasteiger partial charge on any atom is 0.264 e. The molecule has 0 unspecified atom stereocenters. The number of nitrogens with one attached hydrogen (secondary N) is 1. The number of halogens is 2. The van der Waals surface area contributed by atoms with Crippen molar-refractivity contribution >= 4 is 50.7 Å². The summed E-state index contributed by atoms with van der Waals surface area (Å²) in [6, 6.07) is 27.3. The molecular weight excluding hydrogens is 633 g/mol. The van der Waals surface area contributed by atoms with E-state index in [1.165, 1.54) is 17.0 Å². The number of sulfonamides is 1. The molecule has 0 aliphatic rings. The smallest absolute Gasteiger partial charge is 0.264 e. The van der Waals surface area contributed by atoms with E-state index in [1.807, 2.05) is 32.0 Å². The second-order valence-electron chi connectivity index (χ2n) is 10.4. The van der Waals surface area contributed by atoms with Crippen molar-refractivity contribution in [3.8, 4) is 11.5 Å². The fraction of sp³-hybridized carbons (Fsp3) is 0.235. The molecule has 0 spiro atoms. The number of hydrogen-bond acceptors (Lipinski definition) is 5. The Balaban J connectivity index is 1.72. The van der Waals surface area contributed by atoms with Gasteiger partial charge in [0.05, 0.1) is 10.6 Å². The second kappa shape index (κ2) is 15.3. The van der Waals surface area contributed by atoms with E-state index in [4.69, 9.17) is 27.9 Å². The molecule has 45 heavy (non-hydrogen) atoms. The monoisotopic (exact) mass is 667 g/mol. The molecule has 0 aliphatic heterocycles.